The zero-order valence-electron chi connectivity index (χ0n) is 19.7. The lowest BCUT2D eigenvalue weighted by Gasteiger charge is -2.48. The van der Waals surface area contributed by atoms with Crippen LogP contribution in [-0.2, 0) is 9.59 Å². The highest BCUT2D eigenvalue weighted by Crippen LogP contribution is 2.29. The maximum Gasteiger partial charge on any atom is 0.219 e. The van der Waals surface area contributed by atoms with Crippen LogP contribution in [0, 0.1) is 5.41 Å². The monoisotopic (exact) mass is 415 g/mol. The summed E-state index contributed by atoms with van der Waals surface area (Å²) in [5.41, 5.74) is 0.139. The van der Waals surface area contributed by atoms with Gasteiger partial charge in [0.05, 0.1) is 6.61 Å². The number of aliphatic hydroxyl groups is 2. The van der Waals surface area contributed by atoms with Gasteiger partial charge in [0, 0.05) is 57.8 Å². The first-order valence-electron chi connectivity index (χ1n) is 10.7. The van der Waals surface area contributed by atoms with E-state index in [9.17, 15) is 9.90 Å². The number of carbonyl (C=O) groups excluding carboxylic acids is 2. The smallest absolute Gasteiger partial charge is 0.219 e. The Bertz CT molecular complexity index is 461. The molecule has 29 heavy (non-hydrogen) atoms. The van der Waals surface area contributed by atoms with Gasteiger partial charge in [0.2, 0.25) is 5.91 Å². The molecule has 172 valence electrons. The number of hydrogen-bond acceptors (Lipinski definition) is 6. The first-order valence-corrected chi connectivity index (χ1v) is 10.7. The number of nitrogens with zero attached hydrogens (tertiary/aromatic N) is 3. The van der Waals surface area contributed by atoms with Crippen LogP contribution < -0.4 is 0 Å². The van der Waals surface area contributed by atoms with Gasteiger partial charge >= 0.3 is 0 Å². The number of carbonyl (C=O) groups is 2. The number of amides is 1. The molecule has 0 aromatic heterocycles. The molecule has 7 heteroatoms. The second kappa shape index (κ2) is 13.3. The molecule has 1 amide bonds. The Balaban J connectivity index is 0.00000184. The van der Waals surface area contributed by atoms with Crippen molar-refractivity contribution in [3.8, 4) is 0 Å². The minimum Gasteiger partial charge on any atom is -0.400 e. The van der Waals surface area contributed by atoms with Gasteiger partial charge in [0.25, 0.3) is 0 Å². The van der Waals surface area contributed by atoms with Crippen LogP contribution in [0.15, 0.2) is 0 Å². The summed E-state index contributed by atoms with van der Waals surface area (Å²) >= 11 is 0. The molecular formula is C22H45N3O4. The van der Waals surface area contributed by atoms with E-state index in [4.69, 9.17) is 9.90 Å². The maximum atomic E-state index is 12.1. The molecular weight excluding hydrogens is 370 g/mol. The van der Waals surface area contributed by atoms with E-state index in [2.05, 4.69) is 49.4 Å². The molecule has 0 aliphatic carbocycles. The van der Waals surface area contributed by atoms with Crippen molar-refractivity contribution < 1.29 is 19.8 Å². The first kappa shape index (κ1) is 28.0. The Hall–Kier alpha value is -1.02. The molecule has 3 unspecified atom stereocenters. The molecule has 7 nitrogen and oxygen atoms in total. The highest BCUT2D eigenvalue weighted by atomic mass is 16.3. The minimum absolute atomic E-state index is 0.139. The van der Waals surface area contributed by atoms with Crippen LogP contribution in [0.2, 0.25) is 0 Å². The summed E-state index contributed by atoms with van der Waals surface area (Å²) in [7, 11) is 3.13. The van der Waals surface area contributed by atoms with Crippen LogP contribution in [0.5, 0.6) is 0 Å². The summed E-state index contributed by atoms with van der Waals surface area (Å²) < 4.78 is 0. The van der Waals surface area contributed by atoms with E-state index < -0.39 is 0 Å². The predicted octanol–water partition coefficient (Wildman–Crippen LogP) is 1.61. The van der Waals surface area contributed by atoms with Crippen molar-refractivity contribution in [2.24, 2.45) is 5.41 Å². The molecule has 0 spiro atoms. The zero-order chi connectivity index (χ0) is 22.8. The Morgan fingerprint density at radius 3 is 2.07 bits per heavy atom. The number of hydrogen-bond donors (Lipinski definition) is 2. The van der Waals surface area contributed by atoms with Crippen LogP contribution in [0.25, 0.3) is 0 Å². The fraction of sp³-hybridized carbons (Fsp3) is 0.909. The number of rotatable bonds is 4. The van der Waals surface area contributed by atoms with Gasteiger partial charge in [-0.05, 0) is 45.1 Å². The van der Waals surface area contributed by atoms with Gasteiger partial charge in [-0.1, -0.05) is 20.8 Å². The standard InChI is InChI=1S/C20H39N3O2.CH4O.CH2O/c1-15-11-18(12-19(13-24)21(15)6)22-9-7-17(8-10-22)23(16(2)25)14-20(3,4)5;2*1-2/h15,17-19,24H,7-14H2,1-6H3;2H,1H3;1H2. The van der Waals surface area contributed by atoms with E-state index in [0.717, 1.165) is 46.0 Å². The van der Waals surface area contributed by atoms with E-state index in [1.165, 1.54) is 6.42 Å². The van der Waals surface area contributed by atoms with E-state index in [1.807, 2.05) is 6.79 Å². The quantitative estimate of drug-likeness (QED) is 0.726. The van der Waals surface area contributed by atoms with Gasteiger partial charge in [0.1, 0.15) is 6.79 Å². The predicted molar refractivity (Wildman–Crippen MR) is 118 cm³/mol. The van der Waals surface area contributed by atoms with E-state index >= 15 is 0 Å². The lowest BCUT2D eigenvalue weighted by molar-refractivity contribution is -0.134. The topological polar surface area (TPSA) is 84.3 Å². The third kappa shape index (κ3) is 8.70. The van der Waals surface area contributed by atoms with Crippen molar-refractivity contribution in [2.75, 3.05) is 40.4 Å². The van der Waals surface area contributed by atoms with Gasteiger partial charge in [0.15, 0.2) is 0 Å². The molecule has 0 aromatic rings. The normalized spacial score (nSPS) is 26.6. The summed E-state index contributed by atoms with van der Waals surface area (Å²) in [6, 6.07) is 1.74. The average Bonchev–Trinajstić information content (AvgIpc) is 2.70. The molecule has 2 saturated heterocycles. The Labute approximate surface area is 178 Å². The van der Waals surface area contributed by atoms with E-state index in [-0.39, 0.29) is 24.0 Å². The summed E-state index contributed by atoms with van der Waals surface area (Å²) in [6.07, 6.45) is 4.37. The van der Waals surface area contributed by atoms with Crippen LogP contribution >= 0.6 is 0 Å². The lowest BCUT2D eigenvalue weighted by Crippen LogP contribution is -2.56. The number of likely N-dealkylation sites (tertiary alicyclic amines) is 2. The van der Waals surface area contributed by atoms with Gasteiger partial charge in [-0.25, -0.2) is 0 Å². The van der Waals surface area contributed by atoms with Crippen molar-refractivity contribution >= 4 is 12.7 Å². The van der Waals surface area contributed by atoms with Crippen LogP contribution in [0.3, 0.4) is 0 Å². The van der Waals surface area contributed by atoms with Crippen molar-refractivity contribution in [3.63, 3.8) is 0 Å². The number of aliphatic hydroxyl groups excluding tert-OH is 2. The molecule has 2 rings (SSSR count). The van der Waals surface area contributed by atoms with Crippen LogP contribution in [0.1, 0.15) is 60.3 Å². The van der Waals surface area contributed by atoms with Gasteiger partial charge < -0.3 is 24.8 Å². The van der Waals surface area contributed by atoms with Crippen LogP contribution in [-0.4, -0.2) is 102 Å². The molecule has 0 bridgehead atoms. The molecule has 0 radical (unpaired) electrons. The third-order valence-corrected chi connectivity index (χ3v) is 6.14. The molecule has 3 atom stereocenters. The molecule has 0 saturated carbocycles. The summed E-state index contributed by atoms with van der Waals surface area (Å²) in [5.74, 6) is 0.210. The highest BCUT2D eigenvalue weighted by molar-refractivity contribution is 5.73. The molecule has 0 aromatic carbocycles. The largest absolute Gasteiger partial charge is 0.400 e. The fourth-order valence-electron chi connectivity index (χ4n) is 4.57. The second-order valence-electron chi connectivity index (χ2n) is 9.45. The van der Waals surface area contributed by atoms with Crippen molar-refractivity contribution in [2.45, 2.75) is 84.5 Å². The van der Waals surface area contributed by atoms with Crippen LogP contribution in [0.4, 0.5) is 0 Å². The van der Waals surface area contributed by atoms with Crippen molar-refractivity contribution in [1.82, 2.24) is 14.7 Å². The maximum absolute atomic E-state index is 12.1. The summed E-state index contributed by atoms with van der Waals surface area (Å²) in [5, 5.41) is 16.7. The third-order valence-electron chi connectivity index (χ3n) is 6.14. The van der Waals surface area contributed by atoms with Gasteiger partial charge in [-0.2, -0.15) is 0 Å². The molecule has 2 aliphatic rings. The minimum atomic E-state index is 0.139. The van der Waals surface area contributed by atoms with Gasteiger partial charge in [-0.15, -0.1) is 0 Å². The first-order chi connectivity index (χ1) is 13.6. The van der Waals surface area contributed by atoms with E-state index in [0.29, 0.717) is 18.1 Å². The molecule has 2 fully saturated rings. The SMILES string of the molecule is C=O.CC(=O)N(CC(C)(C)C)C1CCN(C2CC(C)N(C)C(CO)C2)CC1.CO. The zero-order valence-corrected chi connectivity index (χ0v) is 19.7. The lowest BCUT2D eigenvalue weighted by atomic mass is 9.89. The molecule has 2 N–H and O–H groups in total. The Morgan fingerprint density at radius 1 is 1.14 bits per heavy atom. The van der Waals surface area contributed by atoms with Gasteiger partial charge in [-0.3, -0.25) is 9.69 Å². The summed E-state index contributed by atoms with van der Waals surface area (Å²) in [6.45, 7) is 15.8. The Kier molecular flexibility index (Phi) is 12.8. The van der Waals surface area contributed by atoms with Crippen molar-refractivity contribution in [1.29, 1.82) is 0 Å². The second-order valence-corrected chi connectivity index (χ2v) is 9.45. The average molecular weight is 416 g/mol. The van der Waals surface area contributed by atoms with Crippen molar-refractivity contribution in [3.05, 3.63) is 0 Å². The number of likely N-dealkylation sites (N-methyl/N-ethyl adjacent to an activating group) is 1. The fourth-order valence-corrected chi connectivity index (χ4v) is 4.57. The Morgan fingerprint density at radius 2 is 1.66 bits per heavy atom. The highest BCUT2D eigenvalue weighted by Gasteiger charge is 2.36. The summed E-state index contributed by atoms with van der Waals surface area (Å²) in [4.78, 5) is 27.2. The molecule has 2 heterocycles. The van der Waals surface area contributed by atoms with E-state index in [1.54, 1.807) is 6.92 Å². The molecule has 2 aliphatic heterocycles. The number of piperidine rings is 2.